The molecule has 78 valence electrons. The summed E-state index contributed by atoms with van der Waals surface area (Å²) >= 11 is 2.21. The number of halogens is 4. The Kier molecular flexibility index (Phi) is 4.03. The van der Waals surface area contributed by atoms with E-state index in [4.69, 9.17) is 0 Å². The Hall–Kier alpha value is -0.460. The first-order chi connectivity index (χ1) is 6.51. The third-order valence-electron chi connectivity index (χ3n) is 1.54. The minimum absolute atomic E-state index is 0.172. The van der Waals surface area contributed by atoms with E-state index in [-0.39, 0.29) is 5.75 Å². The van der Waals surface area contributed by atoms with Gasteiger partial charge in [-0.3, -0.25) is 0 Å². The van der Waals surface area contributed by atoms with E-state index >= 15 is 0 Å². The molecule has 0 aromatic heterocycles. The molecule has 0 N–H and O–H groups in total. The normalized spacial score (nSPS) is 11.4. The van der Waals surface area contributed by atoms with Gasteiger partial charge in [0.25, 0.3) is 0 Å². The molecule has 0 saturated heterocycles. The maximum Gasteiger partial charge on any atom is 0.573 e. The fraction of sp³-hybridized carbons (Fsp3) is 0.333. The summed E-state index contributed by atoms with van der Waals surface area (Å²) in [6.45, 7) is 0. The predicted octanol–water partition coefficient (Wildman–Crippen LogP) is 3.56. The number of aryl methyl sites for hydroxylation is 1. The van der Waals surface area contributed by atoms with Crippen LogP contribution in [0.1, 0.15) is 5.56 Å². The number of hydrogen-bond donors (Lipinski definition) is 0. The van der Waals surface area contributed by atoms with Gasteiger partial charge in [-0.05, 0) is 24.1 Å². The molecule has 0 fully saturated rings. The van der Waals surface area contributed by atoms with Crippen molar-refractivity contribution in [2.45, 2.75) is 12.8 Å². The minimum atomic E-state index is -4.61. The third kappa shape index (κ3) is 4.17. The first kappa shape index (κ1) is 11.6. The van der Waals surface area contributed by atoms with Gasteiger partial charge < -0.3 is 4.74 Å². The van der Waals surface area contributed by atoms with Crippen LogP contribution in [0.3, 0.4) is 0 Å². The molecule has 0 radical (unpaired) electrons. The zero-order valence-corrected chi connectivity index (χ0v) is 9.30. The van der Waals surface area contributed by atoms with Gasteiger partial charge in [0, 0.05) is 4.43 Å². The Balaban J connectivity index is 2.64. The topological polar surface area (TPSA) is 9.23 Å². The summed E-state index contributed by atoms with van der Waals surface area (Å²) in [6, 6.07) is 5.93. The zero-order valence-electron chi connectivity index (χ0n) is 7.14. The SMILES string of the molecule is FC(F)(F)Oc1ccc(CCI)cc1. The fourth-order valence-corrected chi connectivity index (χ4v) is 1.59. The molecule has 0 aliphatic rings. The van der Waals surface area contributed by atoms with Crippen LogP contribution in [0.4, 0.5) is 13.2 Å². The molecule has 0 saturated carbocycles. The van der Waals surface area contributed by atoms with E-state index in [0.717, 1.165) is 16.4 Å². The second-order valence-electron chi connectivity index (χ2n) is 2.63. The summed E-state index contributed by atoms with van der Waals surface area (Å²) in [5.41, 5.74) is 1.01. The lowest BCUT2D eigenvalue weighted by molar-refractivity contribution is -0.274. The molecule has 1 aromatic rings. The van der Waals surface area contributed by atoms with E-state index in [2.05, 4.69) is 27.3 Å². The molecule has 0 unspecified atom stereocenters. The molecule has 1 aromatic carbocycles. The van der Waals surface area contributed by atoms with Crippen LogP contribution >= 0.6 is 22.6 Å². The molecule has 0 aliphatic heterocycles. The molecule has 0 aliphatic carbocycles. The highest BCUT2D eigenvalue weighted by atomic mass is 127. The van der Waals surface area contributed by atoms with Gasteiger partial charge in [0.2, 0.25) is 0 Å². The number of alkyl halides is 4. The van der Waals surface area contributed by atoms with Crippen molar-refractivity contribution in [3.8, 4) is 5.75 Å². The highest BCUT2D eigenvalue weighted by molar-refractivity contribution is 14.1. The van der Waals surface area contributed by atoms with Crippen LogP contribution in [0.15, 0.2) is 24.3 Å². The summed E-state index contributed by atoms with van der Waals surface area (Å²) in [7, 11) is 0. The van der Waals surface area contributed by atoms with Gasteiger partial charge in [-0.1, -0.05) is 34.7 Å². The highest BCUT2D eigenvalue weighted by Gasteiger charge is 2.30. The van der Waals surface area contributed by atoms with E-state index in [0.29, 0.717) is 0 Å². The Bertz CT molecular complexity index is 281. The van der Waals surface area contributed by atoms with Gasteiger partial charge in [0.1, 0.15) is 5.75 Å². The molecule has 1 rings (SSSR count). The van der Waals surface area contributed by atoms with Crippen LogP contribution in [-0.4, -0.2) is 10.8 Å². The molecular formula is C9H8F3IO. The Labute approximate surface area is 93.4 Å². The van der Waals surface area contributed by atoms with Crippen LogP contribution in [0.5, 0.6) is 5.75 Å². The first-order valence-corrected chi connectivity index (χ1v) is 5.44. The average molecular weight is 316 g/mol. The molecular weight excluding hydrogens is 308 g/mol. The number of rotatable bonds is 3. The molecule has 0 amide bonds. The fourth-order valence-electron chi connectivity index (χ4n) is 0.967. The van der Waals surface area contributed by atoms with Crippen molar-refractivity contribution in [3.63, 3.8) is 0 Å². The summed E-state index contributed by atoms with van der Waals surface area (Å²) in [5.74, 6) is -0.172. The minimum Gasteiger partial charge on any atom is -0.406 e. The molecule has 0 heterocycles. The maximum absolute atomic E-state index is 11.8. The first-order valence-electron chi connectivity index (χ1n) is 3.92. The van der Waals surface area contributed by atoms with Gasteiger partial charge in [0.15, 0.2) is 0 Å². The molecule has 5 heteroatoms. The van der Waals surface area contributed by atoms with Crippen molar-refractivity contribution in [3.05, 3.63) is 29.8 Å². The van der Waals surface area contributed by atoms with E-state index in [9.17, 15) is 13.2 Å². The monoisotopic (exact) mass is 316 g/mol. The van der Waals surface area contributed by atoms with E-state index < -0.39 is 6.36 Å². The summed E-state index contributed by atoms with van der Waals surface area (Å²) in [6.07, 6.45) is -3.75. The smallest absolute Gasteiger partial charge is 0.406 e. The number of ether oxygens (including phenoxy) is 1. The van der Waals surface area contributed by atoms with Crippen molar-refractivity contribution in [1.82, 2.24) is 0 Å². The summed E-state index contributed by atoms with van der Waals surface area (Å²) < 4.78 is 40.0. The van der Waals surface area contributed by atoms with E-state index in [1.165, 1.54) is 12.1 Å². The number of hydrogen-bond acceptors (Lipinski definition) is 1. The lowest BCUT2D eigenvalue weighted by Gasteiger charge is -2.08. The zero-order chi connectivity index (χ0) is 10.6. The van der Waals surface area contributed by atoms with Gasteiger partial charge in [-0.25, -0.2) is 0 Å². The van der Waals surface area contributed by atoms with Crippen LogP contribution < -0.4 is 4.74 Å². The summed E-state index contributed by atoms with van der Waals surface area (Å²) in [4.78, 5) is 0. The van der Waals surface area contributed by atoms with Crippen molar-refractivity contribution >= 4 is 22.6 Å². The van der Waals surface area contributed by atoms with Crippen molar-refractivity contribution in [1.29, 1.82) is 0 Å². The average Bonchev–Trinajstić information content (AvgIpc) is 2.06. The second kappa shape index (κ2) is 4.86. The third-order valence-corrected chi connectivity index (χ3v) is 2.08. The van der Waals surface area contributed by atoms with Crippen LogP contribution in [0, 0.1) is 0 Å². The summed E-state index contributed by atoms with van der Waals surface area (Å²) in [5, 5.41) is 0. The van der Waals surface area contributed by atoms with E-state index in [1.54, 1.807) is 12.1 Å². The predicted molar refractivity (Wildman–Crippen MR) is 55.7 cm³/mol. The van der Waals surface area contributed by atoms with Crippen molar-refractivity contribution in [2.75, 3.05) is 4.43 Å². The van der Waals surface area contributed by atoms with Gasteiger partial charge >= 0.3 is 6.36 Å². The lowest BCUT2D eigenvalue weighted by Crippen LogP contribution is -2.17. The van der Waals surface area contributed by atoms with Crippen LogP contribution in [0.2, 0.25) is 0 Å². The molecule has 0 spiro atoms. The quantitative estimate of drug-likeness (QED) is 0.612. The maximum atomic E-state index is 11.8. The highest BCUT2D eigenvalue weighted by Crippen LogP contribution is 2.22. The Morgan fingerprint density at radius 3 is 2.14 bits per heavy atom. The Morgan fingerprint density at radius 2 is 1.71 bits per heavy atom. The van der Waals surface area contributed by atoms with Crippen molar-refractivity contribution < 1.29 is 17.9 Å². The standard InChI is InChI=1S/C9H8F3IO/c10-9(11,12)14-8-3-1-7(2-4-8)5-6-13/h1-4H,5-6H2. The molecule has 0 bridgehead atoms. The molecule has 1 nitrogen and oxygen atoms in total. The van der Waals surface area contributed by atoms with Gasteiger partial charge in [-0.2, -0.15) is 0 Å². The second-order valence-corrected chi connectivity index (χ2v) is 3.71. The molecule has 0 atom stereocenters. The van der Waals surface area contributed by atoms with Crippen molar-refractivity contribution in [2.24, 2.45) is 0 Å². The lowest BCUT2D eigenvalue weighted by atomic mass is 10.2. The van der Waals surface area contributed by atoms with Crippen LogP contribution in [0.25, 0.3) is 0 Å². The largest absolute Gasteiger partial charge is 0.573 e. The van der Waals surface area contributed by atoms with Gasteiger partial charge in [0.05, 0.1) is 0 Å². The molecule has 14 heavy (non-hydrogen) atoms. The van der Waals surface area contributed by atoms with Gasteiger partial charge in [-0.15, -0.1) is 13.2 Å². The van der Waals surface area contributed by atoms with Crippen LogP contribution in [-0.2, 0) is 6.42 Å². The Morgan fingerprint density at radius 1 is 1.14 bits per heavy atom. The number of benzene rings is 1. The van der Waals surface area contributed by atoms with E-state index in [1.807, 2.05) is 0 Å².